The molecule has 0 atom stereocenters. The first-order chi connectivity index (χ1) is 8.72. The van der Waals surface area contributed by atoms with Crippen LogP contribution in [-0.2, 0) is 11.3 Å². The summed E-state index contributed by atoms with van der Waals surface area (Å²) >= 11 is 0. The summed E-state index contributed by atoms with van der Waals surface area (Å²) in [6, 6.07) is 3.77. The lowest BCUT2D eigenvalue weighted by molar-refractivity contribution is 0.108. The van der Waals surface area contributed by atoms with Crippen molar-refractivity contribution in [2.24, 2.45) is 5.92 Å². The number of rotatable bonds is 9. The third-order valence-corrected chi connectivity index (χ3v) is 2.24. The summed E-state index contributed by atoms with van der Waals surface area (Å²) in [5.74, 6) is 1.18. The second kappa shape index (κ2) is 8.83. The largest absolute Gasteiger partial charge is 0.474 e. The first kappa shape index (κ1) is 14.9. The van der Waals surface area contributed by atoms with Gasteiger partial charge < -0.3 is 14.8 Å². The van der Waals surface area contributed by atoms with Gasteiger partial charge in [0.05, 0.1) is 12.3 Å². The topological polar surface area (TPSA) is 56.3 Å². The molecule has 0 unspecified atom stereocenters. The van der Waals surface area contributed by atoms with Crippen LogP contribution in [-0.4, -0.2) is 36.6 Å². The molecule has 0 fully saturated rings. The van der Waals surface area contributed by atoms with E-state index in [1.165, 1.54) is 0 Å². The van der Waals surface area contributed by atoms with Gasteiger partial charge in [-0.15, -0.1) is 5.10 Å². The molecule has 18 heavy (non-hydrogen) atoms. The molecule has 1 rings (SSSR count). The van der Waals surface area contributed by atoms with Crippen molar-refractivity contribution in [1.29, 1.82) is 0 Å². The van der Waals surface area contributed by atoms with Gasteiger partial charge in [0.1, 0.15) is 6.61 Å². The Hall–Kier alpha value is -1.20. The summed E-state index contributed by atoms with van der Waals surface area (Å²) in [4.78, 5) is 0. The number of aromatic nitrogens is 2. The van der Waals surface area contributed by atoms with Gasteiger partial charge in [0, 0.05) is 19.2 Å². The summed E-state index contributed by atoms with van der Waals surface area (Å²) in [7, 11) is 0. The molecule has 0 amide bonds. The predicted octanol–water partition coefficient (Wildman–Crippen LogP) is 1.64. The molecule has 0 aliphatic carbocycles. The third-order valence-electron chi connectivity index (χ3n) is 2.24. The Morgan fingerprint density at radius 2 is 2.06 bits per heavy atom. The zero-order chi connectivity index (χ0) is 13.2. The molecule has 1 aromatic heterocycles. The van der Waals surface area contributed by atoms with Gasteiger partial charge >= 0.3 is 0 Å². The van der Waals surface area contributed by atoms with Gasteiger partial charge in [-0.3, -0.25) is 0 Å². The number of hydrogen-bond donors (Lipinski definition) is 1. The highest BCUT2D eigenvalue weighted by Gasteiger charge is 1.99. The normalized spacial score (nSPS) is 10.9. The van der Waals surface area contributed by atoms with Crippen molar-refractivity contribution >= 4 is 0 Å². The first-order valence-electron chi connectivity index (χ1n) is 6.46. The lowest BCUT2D eigenvalue weighted by atomic mass is 10.2. The molecule has 1 aromatic rings. The molecule has 102 valence electrons. The molecule has 0 saturated heterocycles. The van der Waals surface area contributed by atoms with E-state index in [9.17, 15) is 0 Å². The second-order valence-electron chi connectivity index (χ2n) is 4.43. The van der Waals surface area contributed by atoms with Gasteiger partial charge in [0.15, 0.2) is 0 Å². The highest BCUT2D eigenvalue weighted by Crippen LogP contribution is 2.04. The maximum Gasteiger partial charge on any atom is 0.233 e. The Labute approximate surface area is 109 Å². The van der Waals surface area contributed by atoms with E-state index in [4.69, 9.17) is 9.47 Å². The van der Waals surface area contributed by atoms with Gasteiger partial charge in [-0.05, 0) is 25.5 Å². The molecule has 0 aliphatic heterocycles. The molecule has 0 aliphatic rings. The lowest BCUT2D eigenvalue weighted by Crippen LogP contribution is -2.19. The zero-order valence-electron chi connectivity index (χ0n) is 11.5. The van der Waals surface area contributed by atoms with E-state index in [2.05, 4.69) is 29.4 Å². The Morgan fingerprint density at radius 1 is 1.22 bits per heavy atom. The Kier molecular flexibility index (Phi) is 7.29. The molecular weight excluding hydrogens is 230 g/mol. The molecule has 0 spiro atoms. The predicted molar refractivity (Wildman–Crippen MR) is 70.6 cm³/mol. The second-order valence-corrected chi connectivity index (χ2v) is 4.43. The van der Waals surface area contributed by atoms with E-state index in [1.54, 1.807) is 0 Å². The highest BCUT2D eigenvalue weighted by atomic mass is 16.5. The van der Waals surface area contributed by atoms with Crippen LogP contribution in [0.1, 0.15) is 26.5 Å². The minimum Gasteiger partial charge on any atom is -0.474 e. The van der Waals surface area contributed by atoms with Crippen molar-refractivity contribution < 1.29 is 9.47 Å². The van der Waals surface area contributed by atoms with Crippen LogP contribution in [0.3, 0.4) is 0 Å². The minimum absolute atomic E-state index is 0.507. The van der Waals surface area contributed by atoms with Crippen molar-refractivity contribution in [3.05, 3.63) is 17.8 Å². The van der Waals surface area contributed by atoms with Gasteiger partial charge in [0.25, 0.3) is 0 Å². The minimum atomic E-state index is 0.507. The van der Waals surface area contributed by atoms with Crippen molar-refractivity contribution in [3.63, 3.8) is 0 Å². The monoisotopic (exact) mass is 253 g/mol. The van der Waals surface area contributed by atoms with Gasteiger partial charge in [-0.2, -0.15) is 5.10 Å². The van der Waals surface area contributed by atoms with E-state index >= 15 is 0 Å². The average molecular weight is 253 g/mol. The van der Waals surface area contributed by atoms with Gasteiger partial charge in [0.2, 0.25) is 5.88 Å². The van der Waals surface area contributed by atoms with E-state index in [0.717, 1.165) is 18.8 Å². The van der Waals surface area contributed by atoms with Crippen molar-refractivity contribution in [3.8, 4) is 5.88 Å². The molecular formula is C13H23N3O2. The van der Waals surface area contributed by atoms with E-state index in [0.29, 0.717) is 31.6 Å². The fourth-order valence-electron chi connectivity index (χ4n) is 1.36. The SMILES string of the molecule is CCOCCOc1ccc(CNCC(C)C)nn1. The van der Waals surface area contributed by atoms with Crippen LogP contribution in [0, 0.1) is 5.92 Å². The van der Waals surface area contributed by atoms with Gasteiger partial charge in [-0.1, -0.05) is 13.8 Å². The first-order valence-corrected chi connectivity index (χ1v) is 6.46. The third kappa shape index (κ3) is 6.51. The van der Waals surface area contributed by atoms with Crippen LogP contribution in [0.4, 0.5) is 0 Å². The number of hydrogen-bond acceptors (Lipinski definition) is 5. The van der Waals surface area contributed by atoms with E-state index in [1.807, 2.05) is 19.1 Å². The van der Waals surface area contributed by atoms with Crippen LogP contribution < -0.4 is 10.1 Å². The van der Waals surface area contributed by atoms with Crippen LogP contribution in [0.15, 0.2) is 12.1 Å². The fourth-order valence-corrected chi connectivity index (χ4v) is 1.36. The molecule has 5 nitrogen and oxygen atoms in total. The summed E-state index contributed by atoms with van der Waals surface area (Å²) < 4.78 is 10.6. The van der Waals surface area contributed by atoms with Crippen LogP contribution in [0.25, 0.3) is 0 Å². The average Bonchev–Trinajstić information content (AvgIpc) is 2.36. The van der Waals surface area contributed by atoms with Gasteiger partial charge in [-0.25, -0.2) is 0 Å². The maximum atomic E-state index is 5.39. The summed E-state index contributed by atoms with van der Waals surface area (Å²) in [6.07, 6.45) is 0. The number of ether oxygens (including phenoxy) is 2. The van der Waals surface area contributed by atoms with Crippen molar-refractivity contribution in [2.45, 2.75) is 27.3 Å². The molecule has 0 saturated carbocycles. The molecule has 1 N–H and O–H groups in total. The van der Waals surface area contributed by atoms with Crippen LogP contribution in [0.5, 0.6) is 5.88 Å². The number of nitrogens with one attached hydrogen (secondary N) is 1. The lowest BCUT2D eigenvalue weighted by Gasteiger charge is -2.07. The van der Waals surface area contributed by atoms with Crippen molar-refractivity contribution in [2.75, 3.05) is 26.4 Å². The summed E-state index contributed by atoms with van der Waals surface area (Å²) in [6.45, 7) is 9.82. The molecule has 5 heteroatoms. The zero-order valence-corrected chi connectivity index (χ0v) is 11.5. The molecule has 0 aromatic carbocycles. The fraction of sp³-hybridized carbons (Fsp3) is 0.692. The molecule has 0 bridgehead atoms. The Balaban J connectivity index is 2.24. The van der Waals surface area contributed by atoms with Crippen LogP contribution in [0.2, 0.25) is 0 Å². The highest BCUT2D eigenvalue weighted by molar-refractivity contribution is 5.11. The van der Waals surface area contributed by atoms with E-state index in [-0.39, 0.29) is 0 Å². The quantitative estimate of drug-likeness (QED) is 0.678. The summed E-state index contributed by atoms with van der Waals surface area (Å²) in [5, 5.41) is 11.4. The standard InChI is InChI=1S/C13H23N3O2/c1-4-17-7-8-18-13-6-5-12(15-16-13)10-14-9-11(2)3/h5-6,11,14H,4,7-10H2,1-3H3. The Bertz CT molecular complexity index is 315. The number of nitrogens with zero attached hydrogens (tertiary/aromatic N) is 2. The summed E-state index contributed by atoms with van der Waals surface area (Å²) in [5.41, 5.74) is 0.924. The maximum absolute atomic E-state index is 5.39. The molecule has 1 heterocycles. The Morgan fingerprint density at radius 3 is 2.67 bits per heavy atom. The molecule has 0 radical (unpaired) electrons. The van der Waals surface area contributed by atoms with Crippen LogP contribution >= 0.6 is 0 Å². The smallest absolute Gasteiger partial charge is 0.233 e. The van der Waals surface area contributed by atoms with E-state index < -0.39 is 0 Å². The van der Waals surface area contributed by atoms with Crippen molar-refractivity contribution in [1.82, 2.24) is 15.5 Å².